The van der Waals surface area contributed by atoms with Gasteiger partial charge in [0.2, 0.25) is 0 Å². The van der Waals surface area contributed by atoms with Crippen molar-refractivity contribution in [2.75, 3.05) is 6.54 Å². The van der Waals surface area contributed by atoms with Gasteiger partial charge >= 0.3 is 0 Å². The van der Waals surface area contributed by atoms with Gasteiger partial charge < -0.3 is 4.90 Å². The molecule has 32 heavy (non-hydrogen) atoms. The first-order valence-corrected chi connectivity index (χ1v) is 12.6. The molecule has 1 aliphatic heterocycles. The summed E-state index contributed by atoms with van der Waals surface area (Å²) >= 11 is 0. The van der Waals surface area contributed by atoms with Gasteiger partial charge in [0.1, 0.15) is 5.82 Å². The summed E-state index contributed by atoms with van der Waals surface area (Å²) in [6.45, 7) is 11.7. The largest absolute Gasteiger partial charge is 0.369 e. The van der Waals surface area contributed by atoms with Gasteiger partial charge in [0, 0.05) is 23.8 Å². The molecule has 1 unspecified atom stereocenters. The Morgan fingerprint density at radius 3 is 2.59 bits per heavy atom. The van der Waals surface area contributed by atoms with Crippen LogP contribution < -0.4 is 0 Å². The molecule has 1 saturated heterocycles. The number of unbranched alkanes of at least 4 members (excludes halogenated alkanes) is 4. The van der Waals surface area contributed by atoms with Gasteiger partial charge in [-0.3, -0.25) is 0 Å². The second kappa shape index (κ2) is 14.7. The Hall–Kier alpha value is -2.35. The van der Waals surface area contributed by atoms with Gasteiger partial charge in [0.05, 0.1) is 0 Å². The van der Waals surface area contributed by atoms with Crippen molar-refractivity contribution in [3.63, 3.8) is 0 Å². The number of rotatable bonds is 11. The minimum atomic E-state index is -0.161. The van der Waals surface area contributed by atoms with Crippen molar-refractivity contribution in [1.82, 2.24) is 4.90 Å². The predicted octanol–water partition coefficient (Wildman–Crippen LogP) is 8.96. The summed E-state index contributed by atoms with van der Waals surface area (Å²) in [5, 5.41) is 0. The number of allylic oxidation sites excluding steroid dienone is 2. The molecular weight excluding hydrogens is 393 g/mol. The molecule has 0 N–H and O–H groups in total. The molecule has 0 amide bonds. The molecule has 174 valence electrons. The van der Waals surface area contributed by atoms with Crippen molar-refractivity contribution in [2.45, 2.75) is 84.6 Å². The Labute approximate surface area is 196 Å². The maximum atomic E-state index is 14.1. The van der Waals surface area contributed by atoms with Gasteiger partial charge in [-0.2, -0.15) is 0 Å². The fourth-order valence-electron chi connectivity index (χ4n) is 4.35. The van der Waals surface area contributed by atoms with E-state index in [1.54, 1.807) is 6.07 Å². The second-order valence-electron chi connectivity index (χ2n) is 8.43. The van der Waals surface area contributed by atoms with Crippen LogP contribution in [0.1, 0.15) is 77.7 Å². The van der Waals surface area contributed by atoms with E-state index in [0.29, 0.717) is 11.6 Å². The molecule has 1 fully saturated rings. The van der Waals surface area contributed by atoms with Gasteiger partial charge in [-0.15, -0.1) is 0 Å². The Morgan fingerprint density at radius 1 is 1.03 bits per heavy atom. The summed E-state index contributed by atoms with van der Waals surface area (Å²) in [6, 6.07) is 15.8. The van der Waals surface area contributed by atoms with Crippen LogP contribution >= 0.6 is 0 Å². The Bertz CT molecular complexity index is 838. The van der Waals surface area contributed by atoms with Gasteiger partial charge in [0.25, 0.3) is 0 Å². The molecule has 3 rings (SSSR count). The average molecular weight is 436 g/mol. The van der Waals surface area contributed by atoms with Crippen molar-refractivity contribution in [3.05, 3.63) is 84.3 Å². The molecule has 0 aromatic heterocycles. The minimum Gasteiger partial charge on any atom is -0.369 e. The third-order valence-corrected chi connectivity index (χ3v) is 6.11. The van der Waals surface area contributed by atoms with Crippen LogP contribution in [0.25, 0.3) is 11.1 Å². The highest BCUT2D eigenvalue weighted by atomic mass is 19.1. The van der Waals surface area contributed by atoms with E-state index >= 15 is 0 Å². The Balaban J connectivity index is 0.00000176. The van der Waals surface area contributed by atoms with Crippen molar-refractivity contribution < 1.29 is 4.39 Å². The molecule has 2 aromatic carbocycles. The zero-order chi connectivity index (χ0) is 23.2. The molecule has 0 aliphatic carbocycles. The number of hydrogen-bond donors (Lipinski definition) is 0. The van der Waals surface area contributed by atoms with Crippen molar-refractivity contribution in [3.8, 4) is 11.1 Å². The molecule has 0 bridgehead atoms. The van der Waals surface area contributed by atoms with Gasteiger partial charge in [-0.1, -0.05) is 108 Å². The van der Waals surface area contributed by atoms with Crippen molar-refractivity contribution in [2.24, 2.45) is 0 Å². The molecule has 1 atom stereocenters. The van der Waals surface area contributed by atoms with Gasteiger partial charge in [0.15, 0.2) is 0 Å². The van der Waals surface area contributed by atoms with E-state index in [1.807, 2.05) is 38.1 Å². The van der Waals surface area contributed by atoms with Crippen molar-refractivity contribution in [1.29, 1.82) is 0 Å². The number of aryl methyl sites for hydroxylation is 1. The Kier molecular flexibility index (Phi) is 11.9. The summed E-state index contributed by atoms with van der Waals surface area (Å²) in [4.78, 5) is 2.52. The topological polar surface area (TPSA) is 3.24 Å². The van der Waals surface area contributed by atoms with Crippen LogP contribution in [0.4, 0.5) is 4.39 Å². The standard InChI is InChI=1S/C28H36FN.C2H6/c1-3-4-5-6-11-21-30-23(2)19-20-26(30)16-8-7-13-24-14-12-15-25(22-24)27-17-9-10-18-28(27)29;1-2/h8-10,12,14-18,22,26H,2-7,11,13,19-21H2,1H3;1-2H3/b16-8+;. The lowest BCUT2D eigenvalue weighted by Gasteiger charge is -2.25. The van der Waals surface area contributed by atoms with E-state index in [2.05, 4.69) is 42.7 Å². The van der Waals surface area contributed by atoms with Crippen LogP contribution in [0.5, 0.6) is 0 Å². The van der Waals surface area contributed by atoms with Crippen LogP contribution in [-0.2, 0) is 6.42 Å². The molecule has 0 saturated carbocycles. The predicted molar refractivity (Wildman–Crippen MR) is 138 cm³/mol. The molecular formula is C30H42FN. The highest BCUT2D eigenvalue weighted by Crippen LogP contribution is 2.28. The van der Waals surface area contributed by atoms with E-state index in [9.17, 15) is 4.39 Å². The third kappa shape index (κ3) is 7.97. The zero-order valence-electron chi connectivity index (χ0n) is 20.5. The molecule has 1 heterocycles. The Morgan fingerprint density at radius 2 is 1.81 bits per heavy atom. The van der Waals surface area contributed by atoms with Crippen LogP contribution in [0.15, 0.2) is 73.0 Å². The SMILES string of the molecule is C=C1CCC(/C=C/CCc2cccc(-c3ccccc3F)c2)N1CCCCCCC.CC. The maximum Gasteiger partial charge on any atom is 0.131 e. The van der Waals surface area contributed by atoms with Gasteiger partial charge in [-0.25, -0.2) is 4.39 Å². The first-order valence-electron chi connectivity index (χ1n) is 12.6. The normalized spacial score (nSPS) is 15.8. The highest BCUT2D eigenvalue weighted by molar-refractivity contribution is 5.64. The summed E-state index contributed by atoms with van der Waals surface area (Å²) in [5.74, 6) is -0.161. The summed E-state index contributed by atoms with van der Waals surface area (Å²) in [5.41, 5.74) is 4.19. The number of likely N-dealkylation sites (tertiary alicyclic amines) is 1. The third-order valence-electron chi connectivity index (χ3n) is 6.11. The molecule has 0 spiro atoms. The quantitative estimate of drug-likeness (QED) is 0.251. The van der Waals surface area contributed by atoms with Crippen molar-refractivity contribution >= 4 is 0 Å². The minimum absolute atomic E-state index is 0.161. The number of hydrogen-bond acceptors (Lipinski definition) is 1. The van der Waals surface area contributed by atoms with Crippen LogP contribution in [0.3, 0.4) is 0 Å². The van der Waals surface area contributed by atoms with Gasteiger partial charge in [-0.05, 0) is 49.3 Å². The number of halogens is 1. The van der Waals surface area contributed by atoms with E-state index in [1.165, 1.54) is 55.9 Å². The average Bonchev–Trinajstić information content (AvgIpc) is 3.17. The van der Waals surface area contributed by atoms with E-state index in [-0.39, 0.29) is 5.82 Å². The van der Waals surface area contributed by atoms with E-state index in [4.69, 9.17) is 0 Å². The highest BCUT2D eigenvalue weighted by Gasteiger charge is 2.23. The lowest BCUT2D eigenvalue weighted by Crippen LogP contribution is -2.27. The van der Waals surface area contributed by atoms with E-state index in [0.717, 1.165) is 31.4 Å². The summed E-state index contributed by atoms with van der Waals surface area (Å²) in [6.07, 6.45) is 15.6. The second-order valence-corrected chi connectivity index (χ2v) is 8.43. The fourth-order valence-corrected chi connectivity index (χ4v) is 4.35. The molecule has 0 radical (unpaired) electrons. The van der Waals surface area contributed by atoms with E-state index < -0.39 is 0 Å². The molecule has 1 nitrogen and oxygen atoms in total. The summed E-state index contributed by atoms with van der Waals surface area (Å²) in [7, 11) is 0. The summed E-state index contributed by atoms with van der Waals surface area (Å²) < 4.78 is 14.1. The first kappa shape index (κ1) is 25.9. The smallest absolute Gasteiger partial charge is 0.131 e. The molecule has 2 aromatic rings. The number of benzene rings is 2. The first-order chi connectivity index (χ1) is 15.7. The number of nitrogens with zero attached hydrogens (tertiary/aromatic N) is 1. The van der Waals surface area contributed by atoms with Crippen LogP contribution in [0.2, 0.25) is 0 Å². The van der Waals surface area contributed by atoms with Crippen LogP contribution in [0, 0.1) is 5.82 Å². The lowest BCUT2D eigenvalue weighted by atomic mass is 10.0. The zero-order valence-corrected chi connectivity index (χ0v) is 20.5. The maximum absolute atomic E-state index is 14.1. The molecule has 1 aliphatic rings. The lowest BCUT2D eigenvalue weighted by molar-refractivity contribution is 0.325. The van der Waals surface area contributed by atoms with Crippen LogP contribution in [-0.4, -0.2) is 17.5 Å². The monoisotopic (exact) mass is 435 g/mol. The molecule has 2 heteroatoms. The fraction of sp³-hybridized carbons (Fsp3) is 0.467.